The molecule has 1 atom stereocenters. The van der Waals surface area contributed by atoms with Gasteiger partial charge in [-0.05, 0) is 26.2 Å². The summed E-state index contributed by atoms with van der Waals surface area (Å²) in [6.07, 6.45) is 6.17. The lowest BCUT2D eigenvalue weighted by Crippen LogP contribution is -2.62. The molecule has 1 saturated heterocycles. The van der Waals surface area contributed by atoms with E-state index in [1.807, 2.05) is 11.8 Å². The van der Waals surface area contributed by atoms with E-state index in [0.29, 0.717) is 6.04 Å². The highest BCUT2D eigenvalue weighted by Crippen LogP contribution is 2.28. The van der Waals surface area contributed by atoms with Crippen molar-refractivity contribution < 1.29 is 9.53 Å². The third kappa shape index (κ3) is 6.03. The summed E-state index contributed by atoms with van der Waals surface area (Å²) in [4.78, 5) is 17.3. The summed E-state index contributed by atoms with van der Waals surface area (Å²) >= 11 is 0. The van der Waals surface area contributed by atoms with Gasteiger partial charge >= 0.3 is 0 Å². The molecule has 2 rings (SSSR count). The maximum atomic E-state index is 12.9. The zero-order valence-corrected chi connectivity index (χ0v) is 16.8. The molecule has 0 bridgehead atoms. The average Bonchev–Trinajstić information content (AvgIpc) is 2.55. The Morgan fingerprint density at radius 2 is 1.83 bits per heavy atom. The van der Waals surface area contributed by atoms with Crippen LogP contribution >= 0.6 is 24.8 Å². The molecule has 0 radical (unpaired) electrons. The van der Waals surface area contributed by atoms with Crippen molar-refractivity contribution in [3.63, 3.8) is 0 Å². The Kier molecular flexibility index (Phi) is 11.5. The highest BCUT2D eigenvalue weighted by atomic mass is 35.5. The van der Waals surface area contributed by atoms with Crippen LogP contribution in [-0.4, -0.2) is 66.7 Å². The number of carbonyl (C=O) groups excluding carboxylic acids is 1. The normalized spacial score (nSPS) is 24.0. The summed E-state index contributed by atoms with van der Waals surface area (Å²) in [7, 11) is 0. The third-order valence-corrected chi connectivity index (χ3v) is 5.26. The van der Waals surface area contributed by atoms with E-state index in [4.69, 9.17) is 10.5 Å². The van der Waals surface area contributed by atoms with Gasteiger partial charge in [0.05, 0.1) is 12.1 Å². The van der Waals surface area contributed by atoms with Crippen molar-refractivity contribution in [2.45, 2.75) is 64.0 Å². The molecule has 7 heteroatoms. The van der Waals surface area contributed by atoms with Gasteiger partial charge in [0.25, 0.3) is 0 Å². The molecule has 5 nitrogen and oxygen atoms in total. The number of carbonyl (C=O) groups is 1. The van der Waals surface area contributed by atoms with Gasteiger partial charge in [-0.2, -0.15) is 0 Å². The van der Waals surface area contributed by atoms with E-state index in [2.05, 4.69) is 11.8 Å². The Balaban J connectivity index is 0.00000264. The summed E-state index contributed by atoms with van der Waals surface area (Å²) < 4.78 is 5.47. The van der Waals surface area contributed by atoms with Crippen LogP contribution in [-0.2, 0) is 9.53 Å². The Morgan fingerprint density at radius 1 is 1.17 bits per heavy atom. The van der Waals surface area contributed by atoms with Gasteiger partial charge in [-0.3, -0.25) is 9.69 Å². The van der Waals surface area contributed by atoms with Crippen LogP contribution in [0, 0.1) is 0 Å². The molecule has 1 amide bonds. The Labute approximate surface area is 159 Å². The molecule has 2 N–H and O–H groups in total. The van der Waals surface area contributed by atoms with E-state index in [0.717, 1.165) is 71.5 Å². The maximum Gasteiger partial charge on any atom is 0.242 e. The largest absolute Gasteiger partial charge is 0.380 e. The minimum atomic E-state index is -0.593. The first kappa shape index (κ1) is 23.9. The van der Waals surface area contributed by atoms with Crippen molar-refractivity contribution >= 4 is 30.7 Å². The molecule has 24 heavy (non-hydrogen) atoms. The Hall–Kier alpha value is -0.0700. The molecule has 0 aromatic rings. The summed E-state index contributed by atoms with van der Waals surface area (Å²) in [5.74, 6) is 0.190. The molecule has 0 aromatic heterocycles. The number of piperazine rings is 1. The number of halogens is 2. The van der Waals surface area contributed by atoms with E-state index in [9.17, 15) is 4.79 Å². The number of hydrogen-bond donors (Lipinski definition) is 1. The molecule has 2 aliphatic rings. The van der Waals surface area contributed by atoms with E-state index < -0.39 is 5.54 Å². The second-order valence-electron chi connectivity index (χ2n) is 6.76. The second kappa shape index (κ2) is 11.5. The predicted octanol–water partition coefficient (Wildman–Crippen LogP) is 2.45. The lowest BCUT2D eigenvalue weighted by molar-refractivity contribution is -0.141. The van der Waals surface area contributed by atoms with Crippen molar-refractivity contribution in [1.29, 1.82) is 0 Å². The van der Waals surface area contributed by atoms with Crippen LogP contribution in [0.15, 0.2) is 0 Å². The lowest BCUT2D eigenvalue weighted by Gasteiger charge is -2.44. The smallest absolute Gasteiger partial charge is 0.242 e. The number of nitrogens with zero attached hydrogens (tertiary/aromatic N) is 2. The van der Waals surface area contributed by atoms with Crippen LogP contribution in [0.1, 0.15) is 52.4 Å². The molecule has 1 unspecified atom stereocenters. The van der Waals surface area contributed by atoms with Gasteiger partial charge in [-0.1, -0.05) is 26.2 Å². The third-order valence-electron chi connectivity index (χ3n) is 5.26. The van der Waals surface area contributed by atoms with Crippen molar-refractivity contribution in [2.24, 2.45) is 5.73 Å². The minimum Gasteiger partial charge on any atom is -0.380 e. The van der Waals surface area contributed by atoms with Gasteiger partial charge in [0.15, 0.2) is 0 Å². The van der Waals surface area contributed by atoms with E-state index >= 15 is 0 Å². The highest BCUT2D eigenvalue weighted by molar-refractivity contribution is 5.86. The number of ether oxygens (including phenoxy) is 1. The van der Waals surface area contributed by atoms with Crippen LogP contribution in [0.4, 0.5) is 0 Å². The topological polar surface area (TPSA) is 58.8 Å². The van der Waals surface area contributed by atoms with Gasteiger partial charge in [-0.15, -0.1) is 24.8 Å². The predicted molar refractivity (Wildman–Crippen MR) is 103 cm³/mol. The minimum absolute atomic E-state index is 0. The monoisotopic (exact) mass is 383 g/mol. The first-order chi connectivity index (χ1) is 10.6. The fraction of sp³-hybridized carbons (Fsp3) is 0.941. The zero-order valence-electron chi connectivity index (χ0n) is 15.2. The Bertz CT molecular complexity index is 366. The quantitative estimate of drug-likeness (QED) is 0.715. The molecule has 0 aromatic carbocycles. The van der Waals surface area contributed by atoms with Crippen LogP contribution in [0.3, 0.4) is 0 Å². The van der Waals surface area contributed by atoms with Crippen LogP contribution in [0.2, 0.25) is 0 Å². The molecule has 1 saturated carbocycles. The van der Waals surface area contributed by atoms with Gasteiger partial charge in [0, 0.05) is 38.8 Å². The number of nitrogens with two attached hydrogens (primary N) is 1. The summed E-state index contributed by atoms with van der Waals surface area (Å²) in [5, 5.41) is 0. The van der Waals surface area contributed by atoms with Crippen LogP contribution in [0.25, 0.3) is 0 Å². The van der Waals surface area contributed by atoms with E-state index in [1.165, 1.54) is 6.42 Å². The number of hydrogen-bond acceptors (Lipinski definition) is 4. The van der Waals surface area contributed by atoms with E-state index in [1.54, 1.807) is 0 Å². The summed E-state index contributed by atoms with van der Waals surface area (Å²) in [5.41, 5.74) is 5.84. The van der Waals surface area contributed by atoms with Crippen LogP contribution in [0.5, 0.6) is 0 Å². The fourth-order valence-electron chi connectivity index (χ4n) is 3.80. The second-order valence-corrected chi connectivity index (χ2v) is 6.76. The lowest BCUT2D eigenvalue weighted by atomic mass is 9.81. The van der Waals surface area contributed by atoms with Gasteiger partial charge < -0.3 is 15.4 Å². The van der Waals surface area contributed by atoms with Gasteiger partial charge in [0.1, 0.15) is 0 Å². The SMILES string of the molecule is CCOCCN1CCN(C(=O)C2(N)CCCCC2)CC1CC.Cl.Cl. The molecular weight excluding hydrogens is 349 g/mol. The van der Waals surface area contributed by atoms with Crippen LogP contribution < -0.4 is 5.73 Å². The van der Waals surface area contributed by atoms with Crippen molar-refractivity contribution in [1.82, 2.24) is 9.80 Å². The molecule has 0 spiro atoms. The summed E-state index contributed by atoms with van der Waals surface area (Å²) in [6.45, 7) is 9.30. The van der Waals surface area contributed by atoms with Gasteiger partial charge in [-0.25, -0.2) is 0 Å². The molecule has 1 aliphatic heterocycles. The molecule has 1 aliphatic carbocycles. The van der Waals surface area contributed by atoms with Crippen molar-refractivity contribution in [3.05, 3.63) is 0 Å². The first-order valence-electron chi connectivity index (χ1n) is 9.00. The standard InChI is InChI=1S/C17H33N3O2.2ClH/c1-3-15-14-20(11-10-19(15)12-13-22-4-2)16(21)17(18)8-6-5-7-9-17;;/h15H,3-14,18H2,1-2H3;2*1H. The van der Waals surface area contributed by atoms with Crippen molar-refractivity contribution in [2.75, 3.05) is 39.4 Å². The number of amides is 1. The van der Waals surface area contributed by atoms with Crippen molar-refractivity contribution in [3.8, 4) is 0 Å². The average molecular weight is 384 g/mol. The van der Waals surface area contributed by atoms with E-state index in [-0.39, 0.29) is 30.7 Å². The fourth-order valence-corrected chi connectivity index (χ4v) is 3.80. The highest BCUT2D eigenvalue weighted by Gasteiger charge is 2.40. The maximum absolute atomic E-state index is 12.9. The molecular formula is C17H35Cl2N3O2. The Morgan fingerprint density at radius 3 is 2.42 bits per heavy atom. The zero-order chi connectivity index (χ0) is 16.0. The van der Waals surface area contributed by atoms with Gasteiger partial charge in [0.2, 0.25) is 5.91 Å². The number of rotatable bonds is 6. The molecule has 1 heterocycles. The summed E-state index contributed by atoms with van der Waals surface area (Å²) in [6, 6.07) is 0.436. The molecule has 2 fully saturated rings. The molecule has 144 valence electrons. The first-order valence-corrected chi connectivity index (χ1v) is 9.00.